The zero-order valence-electron chi connectivity index (χ0n) is 16.4. The molecule has 29 heavy (non-hydrogen) atoms. The van der Waals surface area contributed by atoms with Crippen LogP contribution in [-0.4, -0.2) is 77.6 Å². The van der Waals surface area contributed by atoms with Crippen molar-refractivity contribution in [3.05, 3.63) is 47.0 Å². The van der Waals surface area contributed by atoms with Crippen LogP contribution >= 0.6 is 0 Å². The van der Waals surface area contributed by atoms with Gasteiger partial charge in [-0.05, 0) is 18.1 Å². The van der Waals surface area contributed by atoms with Crippen molar-refractivity contribution in [1.29, 1.82) is 0 Å². The molecule has 0 saturated heterocycles. The first kappa shape index (κ1) is 20.9. The van der Waals surface area contributed by atoms with Crippen molar-refractivity contribution in [1.82, 2.24) is 29.7 Å². The summed E-state index contributed by atoms with van der Waals surface area (Å²) in [4.78, 5) is 30.7. The molecule has 2 N–H and O–H groups in total. The predicted octanol–water partition coefficient (Wildman–Crippen LogP) is -0.447. The molecule has 0 saturated carbocycles. The van der Waals surface area contributed by atoms with Gasteiger partial charge in [-0.3, -0.25) is 19.7 Å². The largest absolute Gasteiger partial charge is 0.349 e. The molecule has 156 valence electrons. The van der Waals surface area contributed by atoms with Crippen molar-refractivity contribution in [3.8, 4) is 0 Å². The van der Waals surface area contributed by atoms with E-state index < -0.39 is 10.0 Å². The minimum Gasteiger partial charge on any atom is -0.349 e. The van der Waals surface area contributed by atoms with Gasteiger partial charge in [0.15, 0.2) is 5.69 Å². The number of hydrogen-bond acceptors (Lipinski definition) is 6. The Morgan fingerprint density at radius 3 is 2.86 bits per heavy atom. The van der Waals surface area contributed by atoms with Gasteiger partial charge >= 0.3 is 0 Å². The number of fused-ring (bicyclic) bond motifs is 1. The molecule has 0 radical (unpaired) electrons. The number of carbonyl (C=O) groups is 2. The summed E-state index contributed by atoms with van der Waals surface area (Å²) < 4.78 is 23.9. The number of likely N-dealkylation sites (N-methyl/N-ethyl adjacent to an activating group) is 1. The van der Waals surface area contributed by atoms with Crippen LogP contribution in [0.15, 0.2) is 24.5 Å². The van der Waals surface area contributed by atoms with Gasteiger partial charge in [-0.2, -0.15) is 5.10 Å². The number of aromatic amines is 1. The van der Waals surface area contributed by atoms with Crippen LogP contribution in [0.4, 0.5) is 0 Å². The standard InChI is InChI=1S/C18H24N6O4S/c1-23(29(2,27)28)9-7-20-18(26)17-14-5-8-24(12-15(14)21-22-17)16(25)10-13-4-3-6-19-11-13/h3-4,6,11H,5,7-10,12H2,1-2H3,(H,20,26)(H,21,22). The Kier molecular flexibility index (Phi) is 6.28. The highest BCUT2D eigenvalue weighted by atomic mass is 32.2. The zero-order chi connectivity index (χ0) is 21.0. The topological polar surface area (TPSA) is 128 Å². The van der Waals surface area contributed by atoms with Gasteiger partial charge in [0.25, 0.3) is 5.91 Å². The van der Waals surface area contributed by atoms with E-state index >= 15 is 0 Å². The highest BCUT2D eigenvalue weighted by Gasteiger charge is 2.27. The number of nitrogens with one attached hydrogen (secondary N) is 2. The summed E-state index contributed by atoms with van der Waals surface area (Å²) in [6, 6.07) is 3.66. The van der Waals surface area contributed by atoms with Crippen molar-refractivity contribution < 1.29 is 18.0 Å². The molecule has 10 nitrogen and oxygen atoms in total. The predicted molar refractivity (Wildman–Crippen MR) is 105 cm³/mol. The summed E-state index contributed by atoms with van der Waals surface area (Å²) in [7, 11) is -1.83. The van der Waals surface area contributed by atoms with Crippen LogP contribution in [0.25, 0.3) is 0 Å². The lowest BCUT2D eigenvalue weighted by Crippen LogP contribution is -2.38. The zero-order valence-corrected chi connectivity index (χ0v) is 17.2. The van der Waals surface area contributed by atoms with E-state index in [-0.39, 0.29) is 31.3 Å². The van der Waals surface area contributed by atoms with E-state index in [0.717, 1.165) is 23.1 Å². The van der Waals surface area contributed by atoms with E-state index in [1.165, 1.54) is 11.4 Å². The Morgan fingerprint density at radius 2 is 2.17 bits per heavy atom. The molecule has 1 aliphatic rings. The number of H-pyrrole nitrogens is 1. The lowest BCUT2D eigenvalue weighted by atomic mass is 10.0. The fourth-order valence-corrected chi connectivity index (χ4v) is 3.51. The molecule has 3 heterocycles. The van der Waals surface area contributed by atoms with Crippen LogP contribution in [0, 0.1) is 0 Å². The lowest BCUT2D eigenvalue weighted by molar-refractivity contribution is -0.131. The summed E-state index contributed by atoms with van der Waals surface area (Å²) in [5.74, 6) is -0.368. The number of pyridine rings is 1. The number of sulfonamides is 1. The molecule has 0 fully saturated rings. The van der Waals surface area contributed by atoms with Gasteiger partial charge in [-0.15, -0.1) is 0 Å². The second kappa shape index (κ2) is 8.70. The first-order chi connectivity index (χ1) is 13.8. The molecule has 0 bridgehead atoms. The number of carbonyl (C=O) groups excluding carboxylic acids is 2. The van der Waals surface area contributed by atoms with E-state index in [4.69, 9.17) is 0 Å². The molecular weight excluding hydrogens is 396 g/mol. The molecule has 2 amide bonds. The molecule has 2 aromatic heterocycles. The SMILES string of the molecule is CN(CCNC(=O)c1n[nH]c2c1CCN(C(=O)Cc1cccnc1)C2)S(C)(=O)=O. The van der Waals surface area contributed by atoms with Crippen LogP contribution in [0.2, 0.25) is 0 Å². The molecule has 0 spiro atoms. The average Bonchev–Trinajstić information content (AvgIpc) is 3.11. The minimum atomic E-state index is -3.29. The van der Waals surface area contributed by atoms with E-state index in [1.807, 2.05) is 6.07 Å². The highest BCUT2D eigenvalue weighted by Crippen LogP contribution is 2.21. The maximum absolute atomic E-state index is 12.5. The van der Waals surface area contributed by atoms with Crippen LogP contribution in [0.5, 0.6) is 0 Å². The third-order valence-corrected chi connectivity index (χ3v) is 6.17. The number of aromatic nitrogens is 3. The van der Waals surface area contributed by atoms with Crippen LogP contribution in [-0.2, 0) is 34.2 Å². The van der Waals surface area contributed by atoms with Gasteiger partial charge in [0.05, 0.1) is 24.9 Å². The Morgan fingerprint density at radius 1 is 1.38 bits per heavy atom. The number of rotatable bonds is 7. The smallest absolute Gasteiger partial charge is 0.272 e. The third-order valence-electron chi connectivity index (χ3n) is 4.86. The molecule has 1 aliphatic heterocycles. The maximum atomic E-state index is 12.5. The van der Waals surface area contributed by atoms with E-state index in [1.54, 1.807) is 23.4 Å². The molecule has 0 atom stereocenters. The van der Waals surface area contributed by atoms with Gasteiger partial charge < -0.3 is 10.2 Å². The Bertz CT molecular complexity index is 989. The first-order valence-corrected chi connectivity index (χ1v) is 11.0. The monoisotopic (exact) mass is 420 g/mol. The van der Waals surface area contributed by atoms with Gasteiger partial charge in [0.1, 0.15) is 0 Å². The fourth-order valence-electron chi connectivity index (χ4n) is 3.08. The summed E-state index contributed by atoms with van der Waals surface area (Å²) in [6.45, 7) is 1.22. The Hall–Kier alpha value is -2.79. The van der Waals surface area contributed by atoms with E-state index in [0.29, 0.717) is 25.2 Å². The van der Waals surface area contributed by atoms with Crippen LogP contribution in [0.1, 0.15) is 27.3 Å². The molecule has 0 aliphatic carbocycles. The van der Waals surface area contributed by atoms with Crippen molar-refractivity contribution in [2.24, 2.45) is 0 Å². The Labute approximate surface area is 169 Å². The number of amides is 2. The molecule has 0 aromatic carbocycles. The number of nitrogens with zero attached hydrogens (tertiary/aromatic N) is 4. The van der Waals surface area contributed by atoms with Crippen LogP contribution in [0.3, 0.4) is 0 Å². The normalized spacial score (nSPS) is 14.0. The summed E-state index contributed by atoms with van der Waals surface area (Å²) in [6.07, 6.45) is 5.25. The lowest BCUT2D eigenvalue weighted by Gasteiger charge is -2.27. The fraction of sp³-hybridized carbons (Fsp3) is 0.444. The van der Waals surface area contributed by atoms with Crippen LogP contribution < -0.4 is 5.32 Å². The second-order valence-corrected chi connectivity index (χ2v) is 9.06. The minimum absolute atomic E-state index is 0.00642. The van der Waals surface area contributed by atoms with Gasteiger partial charge in [0.2, 0.25) is 15.9 Å². The quantitative estimate of drug-likeness (QED) is 0.625. The number of hydrogen-bond donors (Lipinski definition) is 2. The van der Waals surface area contributed by atoms with E-state index in [2.05, 4.69) is 20.5 Å². The van der Waals surface area contributed by atoms with Crippen molar-refractivity contribution in [2.75, 3.05) is 32.9 Å². The van der Waals surface area contributed by atoms with Crippen molar-refractivity contribution in [3.63, 3.8) is 0 Å². The highest BCUT2D eigenvalue weighted by molar-refractivity contribution is 7.88. The Balaban J connectivity index is 1.57. The molecular formula is C18H24N6O4S. The van der Waals surface area contributed by atoms with Gasteiger partial charge in [0, 0.05) is 44.6 Å². The summed E-state index contributed by atoms with van der Waals surface area (Å²) in [5, 5.41) is 9.65. The summed E-state index contributed by atoms with van der Waals surface area (Å²) >= 11 is 0. The van der Waals surface area contributed by atoms with E-state index in [9.17, 15) is 18.0 Å². The summed E-state index contributed by atoms with van der Waals surface area (Å²) in [5.41, 5.74) is 2.69. The maximum Gasteiger partial charge on any atom is 0.272 e. The first-order valence-electron chi connectivity index (χ1n) is 9.18. The molecule has 0 unspecified atom stereocenters. The van der Waals surface area contributed by atoms with Gasteiger partial charge in [-0.1, -0.05) is 6.07 Å². The van der Waals surface area contributed by atoms with Gasteiger partial charge in [-0.25, -0.2) is 12.7 Å². The third kappa shape index (κ3) is 5.18. The average molecular weight is 420 g/mol. The molecule has 2 aromatic rings. The second-order valence-electron chi connectivity index (χ2n) is 6.97. The van der Waals surface area contributed by atoms with Crippen molar-refractivity contribution >= 4 is 21.8 Å². The molecule has 11 heteroatoms. The van der Waals surface area contributed by atoms with Crippen molar-refractivity contribution in [2.45, 2.75) is 19.4 Å². The molecule has 3 rings (SSSR count).